The number of hydrogen-bond acceptors (Lipinski definition) is 3. The fraction of sp³-hybridized carbons (Fsp3) is 0.500. The van der Waals surface area contributed by atoms with E-state index in [0.29, 0.717) is 12.1 Å². The Morgan fingerprint density at radius 2 is 2.06 bits per heavy atom. The molecule has 0 fully saturated rings. The minimum atomic E-state index is 0.0328. The number of carbonyl (C=O) groups is 1. The Morgan fingerprint density at radius 1 is 1.39 bits per heavy atom. The summed E-state index contributed by atoms with van der Waals surface area (Å²) >= 11 is 0. The van der Waals surface area contributed by atoms with Crippen LogP contribution in [0.2, 0.25) is 0 Å². The van der Waals surface area contributed by atoms with Crippen molar-refractivity contribution in [2.24, 2.45) is 5.41 Å². The van der Waals surface area contributed by atoms with Gasteiger partial charge in [-0.15, -0.1) is 0 Å². The van der Waals surface area contributed by atoms with Gasteiger partial charge in [-0.25, -0.2) is 0 Å². The largest absolute Gasteiger partial charge is 0.397 e. The van der Waals surface area contributed by atoms with Gasteiger partial charge in [0.1, 0.15) is 0 Å². The van der Waals surface area contributed by atoms with Gasteiger partial charge >= 0.3 is 0 Å². The van der Waals surface area contributed by atoms with Crippen molar-refractivity contribution in [1.29, 1.82) is 0 Å². The van der Waals surface area contributed by atoms with Crippen LogP contribution in [0.1, 0.15) is 33.3 Å². The Hall–Kier alpha value is -1.71. The van der Waals surface area contributed by atoms with Crippen molar-refractivity contribution in [2.75, 3.05) is 16.4 Å². The Morgan fingerprint density at radius 3 is 2.67 bits per heavy atom. The molecular formula is C14H21N3O. The van der Waals surface area contributed by atoms with Gasteiger partial charge in [-0.3, -0.25) is 4.79 Å². The van der Waals surface area contributed by atoms with Crippen molar-refractivity contribution in [3.05, 3.63) is 17.7 Å². The molecule has 4 N–H and O–H groups in total. The van der Waals surface area contributed by atoms with Crippen molar-refractivity contribution in [3.8, 4) is 0 Å². The van der Waals surface area contributed by atoms with Gasteiger partial charge in [-0.2, -0.15) is 0 Å². The Bertz CT molecular complexity index is 489. The lowest BCUT2D eigenvalue weighted by Crippen LogP contribution is -2.31. The number of rotatable bonds is 2. The second-order valence-electron chi connectivity index (χ2n) is 6.05. The van der Waals surface area contributed by atoms with E-state index in [9.17, 15) is 4.79 Å². The lowest BCUT2D eigenvalue weighted by molar-refractivity contribution is -0.115. The number of nitrogen functional groups attached to an aromatic ring is 1. The summed E-state index contributed by atoms with van der Waals surface area (Å²) in [6.45, 7) is 8.66. The third-order valence-corrected chi connectivity index (χ3v) is 3.57. The van der Waals surface area contributed by atoms with E-state index in [4.69, 9.17) is 5.73 Å². The van der Waals surface area contributed by atoms with Crippen LogP contribution in [-0.2, 0) is 11.2 Å². The van der Waals surface area contributed by atoms with Gasteiger partial charge in [0, 0.05) is 11.7 Å². The number of nitrogens with one attached hydrogen (secondary N) is 2. The Kier molecular flexibility index (Phi) is 2.97. The molecule has 1 amide bonds. The number of amides is 1. The van der Waals surface area contributed by atoms with E-state index in [-0.39, 0.29) is 17.4 Å². The zero-order valence-electron chi connectivity index (χ0n) is 11.4. The quantitative estimate of drug-likeness (QED) is 0.704. The normalized spacial score (nSPS) is 16.1. The average molecular weight is 247 g/mol. The summed E-state index contributed by atoms with van der Waals surface area (Å²) in [7, 11) is 0. The molecule has 0 saturated carbocycles. The van der Waals surface area contributed by atoms with Crippen LogP contribution in [0.25, 0.3) is 0 Å². The molecule has 18 heavy (non-hydrogen) atoms. The highest BCUT2D eigenvalue weighted by atomic mass is 16.1. The summed E-state index contributed by atoms with van der Waals surface area (Å²) in [5.74, 6) is 0.0328. The highest BCUT2D eigenvalue weighted by Gasteiger charge is 2.23. The lowest BCUT2D eigenvalue weighted by atomic mass is 9.88. The predicted octanol–water partition coefficient (Wildman–Crippen LogP) is 2.61. The zero-order chi connectivity index (χ0) is 13.5. The van der Waals surface area contributed by atoms with Crippen LogP contribution in [0.3, 0.4) is 0 Å². The number of benzene rings is 1. The van der Waals surface area contributed by atoms with Crippen LogP contribution in [0.5, 0.6) is 0 Å². The highest BCUT2D eigenvalue weighted by molar-refractivity contribution is 6.00. The monoisotopic (exact) mass is 247 g/mol. The van der Waals surface area contributed by atoms with E-state index >= 15 is 0 Å². The van der Waals surface area contributed by atoms with Gasteiger partial charge < -0.3 is 16.4 Å². The first kappa shape index (κ1) is 12.7. The maximum absolute atomic E-state index is 11.3. The minimum absolute atomic E-state index is 0.0328. The van der Waals surface area contributed by atoms with Crippen molar-refractivity contribution in [3.63, 3.8) is 0 Å². The van der Waals surface area contributed by atoms with Crippen LogP contribution >= 0.6 is 0 Å². The summed E-state index contributed by atoms with van der Waals surface area (Å²) in [5, 5.41) is 6.26. The molecule has 2 rings (SSSR count). The SMILES string of the molecule is CC(Nc1cc2c(cc1N)CC(=O)N2)C(C)(C)C. The molecule has 1 aliphatic rings. The molecule has 0 saturated heterocycles. The Balaban J connectivity index is 2.25. The maximum Gasteiger partial charge on any atom is 0.228 e. The van der Waals surface area contributed by atoms with Gasteiger partial charge in [0.05, 0.1) is 17.8 Å². The summed E-state index contributed by atoms with van der Waals surface area (Å²) < 4.78 is 0. The number of nitrogens with two attached hydrogens (primary N) is 1. The van der Waals surface area contributed by atoms with Crippen LogP contribution in [0.4, 0.5) is 17.1 Å². The Labute approximate surface area is 108 Å². The second-order valence-corrected chi connectivity index (χ2v) is 6.05. The molecule has 98 valence electrons. The molecule has 0 aliphatic carbocycles. The summed E-state index contributed by atoms with van der Waals surface area (Å²) in [4.78, 5) is 11.3. The molecule has 1 aromatic carbocycles. The molecule has 0 bridgehead atoms. The third kappa shape index (κ3) is 2.42. The van der Waals surface area contributed by atoms with Gasteiger partial charge in [0.15, 0.2) is 0 Å². The van der Waals surface area contributed by atoms with Crippen molar-refractivity contribution in [1.82, 2.24) is 0 Å². The average Bonchev–Trinajstić information content (AvgIpc) is 2.56. The standard InChI is InChI=1S/C14H21N3O/c1-8(14(2,3)4)16-12-7-11-9(5-10(12)15)6-13(18)17-11/h5,7-8,16H,6,15H2,1-4H3,(H,17,18). The molecule has 0 radical (unpaired) electrons. The maximum atomic E-state index is 11.3. The van der Waals surface area contributed by atoms with Gasteiger partial charge in [-0.1, -0.05) is 20.8 Å². The van der Waals surface area contributed by atoms with Crippen molar-refractivity contribution < 1.29 is 4.79 Å². The van der Waals surface area contributed by atoms with Gasteiger partial charge in [0.25, 0.3) is 0 Å². The molecule has 1 unspecified atom stereocenters. The van der Waals surface area contributed by atoms with Crippen molar-refractivity contribution >= 4 is 23.0 Å². The molecule has 4 nitrogen and oxygen atoms in total. The van der Waals surface area contributed by atoms with Crippen LogP contribution < -0.4 is 16.4 Å². The fourth-order valence-electron chi connectivity index (χ4n) is 1.87. The predicted molar refractivity (Wildman–Crippen MR) is 75.7 cm³/mol. The topological polar surface area (TPSA) is 67.1 Å². The summed E-state index contributed by atoms with van der Waals surface area (Å²) in [6, 6.07) is 4.10. The molecule has 0 spiro atoms. The van der Waals surface area contributed by atoms with Crippen LogP contribution in [0, 0.1) is 5.41 Å². The zero-order valence-corrected chi connectivity index (χ0v) is 11.4. The number of hydrogen-bond donors (Lipinski definition) is 3. The number of fused-ring (bicyclic) bond motifs is 1. The molecule has 0 aromatic heterocycles. The first-order valence-electron chi connectivity index (χ1n) is 6.26. The molecule has 4 heteroatoms. The van der Waals surface area contributed by atoms with E-state index < -0.39 is 0 Å². The first-order valence-corrected chi connectivity index (χ1v) is 6.26. The van der Waals surface area contributed by atoms with E-state index in [0.717, 1.165) is 16.9 Å². The van der Waals surface area contributed by atoms with E-state index in [2.05, 4.69) is 38.3 Å². The molecular weight excluding hydrogens is 226 g/mol. The van der Waals surface area contributed by atoms with E-state index in [1.54, 1.807) is 0 Å². The molecule has 1 atom stereocenters. The number of carbonyl (C=O) groups excluding carboxylic acids is 1. The fourth-order valence-corrected chi connectivity index (χ4v) is 1.87. The molecule has 1 aliphatic heterocycles. The van der Waals surface area contributed by atoms with Gasteiger partial charge in [-0.05, 0) is 30.0 Å². The van der Waals surface area contributed by atoms with Crippen LogP contribution in [0.15, 0.2) is 12.1 Å². The van der Waals surface area contributed by atoms with Gasteiger partial charge in [0.2, 0.25) is 5.91 Å². The second kappa shape index (κ2) is 4.19. The summed E-state index contributed by atoms with van der Waals surface area (Å²) in [5.41, 5.74) is 9.61. The molecule has 1 heterocycles. The van der Waals surface area contributed by atoms with E-state index in [1.165, 1.54) is 0 Å². The van der Waals surface area contributed by atoms with E-state index in [1.807, 2.05) is 12.1 Å². The highest BCUT2D eigenvalue weighted by Crippen LogP contribution is 2.33. The number of anilines is 3. The summed E-state index contributed by atoms with van der Waals surface area (Å²) in [6.07, 6.45) is 0.425. The smallest absolute Gasteiger partial charge is 0.228 e. The first-order chi connectivity index (χ1) is 8.27. The van der Waals surface area contributed by atoms with Crippen LogP contribution in [-0.4, -0.2) is 11.9 Å². The van der Waals surface area contributed by atoms with Crippen molar-refractivity contribution in [2.45, 2.75) is 40.2 Å². The molecule has 1 aromatic rings. The third-order valence-electron chi connectivity index (χ3n) is 3.57. The lowest BCUT2D eigenvalue weighted by Gasteiger charge is -2.29. The minimum Gasteiger partial charge on any atom is -0.397 e.